The standard InChI is InChI=1S/C21H20INO3S2/c1-5-26-17-10-14(9-16(22)19(17)25-4)11-18-20(24)23(21(27)28-18)15-7-6-12(2)13(3)8-15/h6-11H,5H2,1-4H3/b18-11+. The smallest absolute Gasteiger partial charge is 0.270 e. The van der Waals surface area contributed by atoms with E-state index in [-0.39, 0.29) is 5.91 Å². The minimum atomic E-state index is -0.109. The Hall–Kier alpha value is -1.58. The van der Waals surface area contributed by atoms with Gasteiger partial charge in [-0.25, -0.2) is 0 Å². The van der Waals surface area contributed by atoms with E-state index >= 15 is 0 Å². The van der Waals surface area contributed by atoms with Crippen molar-refractivity contribution < 1.29 is 14.3 Å². The van der Waals surface area contributed by atoms with Crippen molar-refractivity contribution in [3.05, 3.63) is 55.5 Å². The molecule has 0 aliphatic carbocycles. The second kappa shape index (κ2) is 8.84. The number of methoxy groups -OCH3 is 1. The van der Waals surface area contributed by atoms with E-state index in [1.54, 1.807) is 12.0 Å². The number of aryl methyl sites for hydroxylation is 2. The van der Waals surface area contributed by atoms with Crippen molar-refractivity contribution in [3.8, 4) is 11.5 Å². The Balaban J connectivity index is 1.96. The van der Waals surface area contributed by atoms with Crippen LogP contribution in [0, 0.1) is 17.4 Å². The summed E-state index contributed by atoms with van der Waals surface area (Å²) in [5, 5.41) is 0. The number of nitrogens with zero attached hydrogens (tertiary/aromatic N) is 1. The van der Waals surface area contributed by atoms with Crippen LogP contribution >= 0.6 is 46.6 Å². The van der Waals surface area contributed by atoms with Gasteiger partial charge in [0.15, 0.2) is 15.8 Å². The lowest BCUT2D eigenvalue weighted by Crippen LogP contribution is -2.27. The van der Waals surface area contributed by atoms with Crippen molar-refractivity contribution in [2.45, 2.75) is 20.8 Å². The van der Waals surface area contributed by atoms with Crippen molar-refractivity contribution in [3.63, 3.8) is 0 Å². The number of halogens is 1. The van der Waals surface area contributed by atoms with E-state index in [9.17, 15) is 4.79 Å². The highest BCUT2D eigenvalue weighted by Gasteiger charge is 2.33. The highest BCUT2D eigenvalue weighted by atomic mass is 127. The number of hydrogen-bond acceptors (Lipinski definition) is 5. The van der Waals surface area contributed by atoms with Gasteiger partial charge in [-0.1, -0.05) is 30.0 Å². The van der Waals surface area contributed by atoms with E-state index in [1.165, 1.54) is 17.3 Å². The van der Waals surface area contributed by atoms with E-state index in [0.29, 0.717) is 27.3 Å². The molecular formula is C21H20INO3S2. The highest BCUT2D eigenvalue weighted by molar-refractivity contribution is 14.1. The lowest BCUT2D eigenvalue weighted by atomic mass is 10.1. The zero-order valence-electron chi connectivity index (χ0n) is 16.0. The average Bonchev–Trinajstić information content (AvgIpc) is 2.91. The maximum Gasteiger partial charge on any atom is 0.270 e. The fraction of sp³-hybridized carbons (Fsp3) is 0.238. The molecule has 0 unspecified atom stereocenters. The van der Waals surface area contributed by atoms with Gasteiger partial charge in [0.05, 0.1) is 27.9 Å². The van der Waals surface area contributed by atoms with Crippen LogP contribution in [-0.2, 0) is 4.79 Å². The van der Waals surface area contributed by atoms with E-state index in [1.807, 2.05) is 57.2 Å². The Morgan fingerprint density at radius 3 is 2.61 bits per heavy atom. The van der Waals surface area contributed by atoms with Crippen LogP contribution in [0.4, 0.5) is 5.69 Å². The molecule has 1 amide bonds. The molecule has 0 atom stereocenters. The van der Waals surface area contributed by atoms with Gasteiger partial charge in [0.2, 0.25) is 0 Å². The second-order valence-electron chi connectivity index (χ2n) is 6.25. The van der Waals surface area contributed by atoms with E-state index in [0.717, 1.165) is 20.4 Å². The van der Waals surface area contributed by atoms with E-state index in [2.05, 4.69) is 22.6 Å². The normalized spacial score (nSPS) is 15.5. The summed E-state index contributed by atoms with van der Waals surface area (Å²) in [5.74, 6) is 1.25. The van der Waals surface area contributed by atoms with Crippen molar-refractivity contribution in [1.29, 1.82) is 0 Å². The molecule has 1 aliphatic heterocycles. The zero-order chi connectivity index (χ0) is 20.4. The minimum Gasteiger partial charge on any atom is -0.492 e. The van der Waals surface area contributed by atoms with Crippen LogP contribution in [0.5, 0.6) is 11.5 Å². The first-order chi connectivity index (χ1) is 13.3. The van der Waals surface area contributed by atoms with Crippen molar-refractivity contribution in [2.75, 3.05) is 18.6 Å². The molecule has 28 heavy (non-hydrogen) atoms. The predicted molar refractivity (Wildman–Crippen MR) is 128 cm³/mol. The summed E-state index contributed by atoms with van der Waals surface area (Å²) in [6, 6.07) is 9.77. The summed E-state index contributed by atoms with van der Waals surface area (Å²) >= 11 is 9.00. The number of rotatable bonds is 5. The molecule has 0 saturated carbocycles. The number of amides is 1. The quantitative estimate of drug-likeness (QED) is 0.284. The summed E-state index contributed by atoms with van der Waals surface area (Å²) in [6.07, 6.45) is 1.85. The molecule has 2 aromatic carbocycles. The van der Waals surface area contributed by atoms with Gasteiger partial charge in [-0.05, 0) is 90.4 Å². The Morgan fingerprint density at radius 1 is 1.21 bits per heavy atom. The summed E-state index contributed by atoms with van der Waals surface area (Å²) in [5.41, 5.74) is 3.98. The molecule has 0 bridgehead atoms. The molecule has 0 radical (unpaired) electrons. The summed E-state index contributed by atoms with van der Waals surface area (Å²) in [7, 11) is 1.62. The van der Waals surface area contributed by atoms with Crippen molar-refractivity contribution in [2.24, 2.45) is 0 Å². The average molecular weight is 525 g/mol. The van der Waals surface area contributed by atoms with Crippen LogP contribution in [0.2, 0.25) is 0 Å². The van der Waals surface area contributed by atoms with Crippen LogP contribution in [0.25, 0.3) is 6.08 Å². The molecule has 3 rings (SSSR count). The third-order valence-electron chi connectivity index (χ3n) is 4.38. The van der Waals surface area contributed by atoms with Crippen LogP contribution in [-0.4, -0.2) is 23.9 Å². The molecule has 2 aromatic rings. The predicted octanol–water partition coefficient (Wildman–Crippen LogP) is 5.72. The number of anilines is 1. The van der Waals surface area contributed by atoms with E-state index < -0.39 is 0 Å². The first kappa shape index (κ1) is 21.1. The fourth-order valence-corrected chi connectivity index (χ4v) is 4.98. The summed E-state index contributed by atoms with van der Waals surface area (Å²) in [6.45, 7) is 6.53. The fourth-order valence-electron chi connectivity index (χ4n) is 2.84. The molecular weight excluding hydrogens is 505 g/mol. The Kier molecular flexibility index (Phi) is 6.67. The maximum absolute atomic E-state index is 13.0. The summed E-state index contributed by atoms with van der Waals surface area (Å²) in [4.78, 5) is 15.2. The lowest BCUT2D eigenvalue weighted by Gasteiger charge is -2.16. The SMILES string of the molecule is CCOc1cc(/C=C2/SC(=S)N(c3ccc(C)c(C)c3)C2=O)cc(I)c1OC. The van der Waals surface area contributed by atoms with Crippen molar-refractivity contribution in [1.82, 2.24) is 0 Å². The molecule has 0 spiro atoms. The molecule has 4 nitrogen and oxygen atoms in total. The molecule has 1 heterocycles. The monoisotopic (exact) mass is 525 g/mol. The zero-order valence-corrected chi connectivity index (χ0v) is 19.8. The first-order valence-electron chi connectivity index (χ1n) is 8.71. The lowest BCUT2D eigenvalue weighted by molar-refractivity contribution is -0.113. The maximum atomic E-state index is 13.0. The first-order valence-corrected chi connectivity index (χ1v) is 11.0. The Bertz CT molecular complexity index is 988. The van der Waals surface area contributed by atoms with Crippen LogP contribution in [0.1, 0.15) is 23.6 Å². The molecule has 146 valence electrons. The molecule has 1 aliphatic rings. The number of carbonyl (C=O) groups is 1. The largest absolute Gasteiger partial charge is 0.492 e. The van der Waals surface area contributed by atoms with E-state index in [4.69, 9.17) is 21.7 Å². The third kappa shape index (κ3) is 4.21. The van der Waals surface area contributed by atoms with Gasteiger partial charge in [-0.3, -0.25) is 9.69 Å². The van der Waals surface area contributed by atoms with Gasteiger partial charge in [-0.15, -0.1) is 0 Å². The summed E-state index contributed by atoms with van der Waals surface area (Å²) < 4.78 is 12.6. The molecule has 7 heteroatoms. The number of thiocarbonyl (C=S) groups is 1. The number of ether oxygens (including phenoxy) is 2. The topological polar surface area (TPSA) is 38.8 Å². The van der Waals surface area contributed by atoms with Gasteiger partial charge in [-0.2, -0.15) is 0 Å². The number of hydrogen-bond donors (Lipinski definition) is 0. The third-order valence-corrected chi connectivity index (χ3v) is 6.48. The van der Waals surface area contributed by atoms with Crippen LogP contribution < -0.4 is 14.4 Å². The van der Waals surface area contributed by atoms with Gasteiger partial charge in [0.25, 0.3) is 5.91 Å². The number of thioether (sulfide) groups is 1. The van der Waals surface area contributed by atoms with Crippen molar-refractivity contribution >= 4 is 68.6 Å². The van der Waals surface area contributed by atoms with Crippen LogP contribution in [0.3, 0.4) is 0 Å². The van der Waals surface area contributed by atoms with Gasteiger partial charge in [0, 0.05) is 0 Å². The molecule has 1 saturated heterocycles. The number of carbonyl (C=O) groups excluding carboxylic acids is 1. The molecule has 0 N–H and O–H groups in total. The van der Waals surface area contributed by atoms with Gasteiger partial charge in [0.1, 0.15) is 0 Å². The highest BCUT2D eigenvalue weighted by Crippen LogP contribution is 2.39. The Morgan fingerprint density at radius 2 is 1.96 bits per heavy atom. The molecule has 1 fully saturated rings. The van der Waals surface area contributed by atoms with Gasteiger partial charge < -0.3 is 9.47 Å². The van der Waals surface area contributed by atoms with Crippen LogP contribution in [0.15, 0.2) is 35.2 Å². The number of benzene rings is 2. The van der Waals surface area contributed by atoms with Gasteiger partial charge >= 0.3 is 0 Å². The second-order valence-corrected chi connectivity index (χ2v) is 9.09. The molecule has 0 aromatic heterocycles. The minimum absolute atomic E-state index is 0.109. The Labute approximate surface area is 188 Å².